The number of benzene rings is 1. The van der Waals surface area contributed by atoms with Crippen molar-refractivity contribution in [2.75, 3.05) is 18.9 Å². The highest BCUT2D eigenvalue weighted by molar-refractivity contribution is 7.71. The summed E-state index contributed by atoms with van der Waals surface area (Å²) in [5, 5.41) is 1.69. The Hall–Kier alpha value is -2.20. The third-order valence-electron chi connectivity index (χ3n) is 4.27. The van der Waals surface area contributed by atoms with Crippen LogP contribution in [0, 0.1) is 0 Å². The van der Waals surface area contributed by atoms with Gasteiger partial charge in [-0.05, 0) is 25.1 Å². The number of H-pyrrole nitrogens is 1. The molecule has 126 valence electrons. The van der Waals surface area contributed by atoms with E-state index in [-0.39, 0.29) is 12.4 Å². The number of hydrogen-bond acceptors (Lipinski definition) is 5. The van der Waals surface area contributed by atoms with Gasteiger partial charge in [0.1, 0.15) is 12.7 Å². The lowest BCUT2D eigenvalue weighted by atomic mass is 10.2. The molecule has 0 aliphatic carbocycles. The minimum absolute atomic E-state index is 0.0322. The molecule has 0 amide bonds. The Bertz CT molecular complexity index is 956. The van der Waals surface area contributed by atoms with Crippen LogP contribution < -0.4 is 5.30 Å². The Morgan fingerprint density at radius 3 is 2.62 bits per heavy atom. The Labute approximate surface area is 140 Å². The van der Waals surface area contributed by atoms with Gasteiger partial charge in [-0.25, -0.2) is 14.8 Å². The van der Waals surface area contributed by atoms with Crippen LogP contribution in [0.4, 0.5) is 0 Å². The van der Waals surface area contributed by atoms with Crippen LogP contribution in [0.5, 0.6) is 0 Å². The van der Waals surface area contributed by atoms with E-state index in [0.29, 0.717) is 17.8 Å². The third-order valence-corrected chi connectivity index (χ3v) is 7.53. The molecular weight excluding hydrogens is 325 g/mol. The van der Waals surface area contributed by atoms with Gasteiger partial charge in [0.25, 0.3) is 0 Å². The average Bonchev–Trinajstić information content (AvgIpc) is 2.98. The number of fused-ring (bicyclic) bond motifs is 3. The summed E-state index contributed by atoms with van der Waals surface area (Å²) >= 11 is 0. The molecule has 2 aromatic heterocycles. The fourth-order valence-corrected chi connectivity index (χ4v) is 4.69. The molecule has 0 bridgehead atoms. The topological polar surface area (TPSA) is 84.9 Å². The molecule has 24 heavy (non-hydrogen) atoms. The van der Waals surface area contributed by atoms with E-state index in [0.717, 1.165) is 21.7 Å². The molecule has 1 aromatic carbocycles. The van der Waals surface area contributed by atoms with Gasteiger partial charge in [0.2, 0.25) is 5.82 Å². The first kappa shape index (κ1) is 16.7. The van der Waals surface area contributed by atoms with Crippen LogP contribution in [0.15, 0.2) is 24.4 Å². The van der Waals surface area contributed by atoms with Crippen molar-refractivity contribution >= 4 is 40.4 Å². The Morgan fingerprint density at radius 1 is 1.21 bits per heavy atom. The quantitative estimate of drug-likeness (QED) is 0.566. The summed E-state index contributed by atoms with van der Waals surface area (Å²) < 4.78 is 18.0. The maximum Gasteiger partial charge on any atom is 0.376 e. The van der Waals surface area contributed by atoms with Crippen LogP contribution in [0.3, 0.4) is 0 Å². The Balaban J connectivity index is 2.20. The minimum atomic E-state index is -2.38. The maximum absolute atomic E-state index is 13.0. The number of hydrogen-bond donors (Lipinski definition) is 1. The largest absolute Gasteiger partial charge is 0.460 e. The van der Waals surface area contributed by atoms with Gasteiger partial charge >= 0.3 is 5.97 Å². The molecule has 7 heteroatoms. The molecule has 0 atom stereocenters. The highest BCUT2D eigenvalue weighted by Gasteiger charge is 2.21. The first-order valence-electron chi connectivity index (χ1n) is 8.06. The van der Waals surface area contributed by atoms with Gasteiger partial charge in [-0.3, -0.25) is 0 Å². The molecule has 0 saturated heterocycles. The van der Waals surface area contributed by atoms with Crippen molar-refractivity contribution < 1.29 is 14.1 Å². The van der Waals surface area contributed by atoms with Crippen molar-refractivity contribution in [3.63, 3.8) is 0 Å². The van der Waals surface area contributed by atoms with Crippen molar-refractivity contribution in [1.29, 1.82) is 0 Å². The summed E-state index contributed by atoms with van der Waals surface area (Å²) in [6.07, 6.45) is 2.83. The molecule has 3 aromatic rings. The normalized spacial score (nSPS) is 12.0. The Kier molecular flexibility index (Phi) is 4.41. The lowest BCUT2D eigenvalue weighted by Crippen LogP contribution is -2.09. The molecule has 0 unspecified atom stereocenters. The lowest BCUT2D eigenvalue weighted by molar-refractivity contribution is 0.0512. The molecule has 0 aliphatic heterocycles. The number of aromatic nitrogens is 3. The zero-order valence-corrected chi connectivity index (χ0v) is 14.9. The second-order valence-electron chi connectivity index (χ2n) is 5.55. The summed E-state index contributed by atoms with van der Waals surface area (Å²) in [7, 11) is -2.38. The summed E-state index contributed by atoms with van der Waals surface area (Å²) in [5.41, 5.74) is 2.25. The van der Waals surface area contributed by atoms with E-state index in [1.165, 1.54) is 0 Å². The minimum Gasteiger partial charge on any atom is -0.460 e. The fraction of sp³-hybridized carbons (Fsp3) is 0.353. The van der Waals surface area contributed by atoms with Gasteiger partial charge in [-0.15, -0.1) is 0 Å². The smallest absolute Gasteiger partial charge is 0.376 e. The van der Waals surface area contributed by atoms with Crippen LogP contribution in [-0.4, -0.2) is 39.9 Å². The molecule has 0 fully saturated rings. The third kappa shape index (κ3) is 2.71. The zero-order valence-electron chi connectivity index (χ0n) is 14.0. The molecule has 0 radical (unpaired) electrons. The predicted octanol–water partition coefficient (Wildman–Crippen LogP) is 3.32. The van der Waals surface area contributed by atoms with Crippen LogP contribution in [0.1, 0.15) is 31.4 Å². The van der Waals surface area contributed by atoms with E-state index >= 15 is 0 Å². The highest BCUT2D eigenvalue weighted by atomic mass is 31.2. The second kappa shape index (κ2) is 6.36. The molecule has 0 saturated carbocycles. The van der Waals surface area contributed by atoms with Gasteiger partial charge in [0, 0.05) is 28.5 Å². The lowest BCUT2D eigenvalue weighted by Gasteiger charge is -2.14. The maximum atomic E-state index is 13.0. The van der Waals surface area contributed by atoms with Crippen LogP contribution in [0.25, 0.3) is 21.9 Å². The van der Waals surface area contributed by atoms with Gasteiger partial charge in [-0.2, -0.15) is 0 Å². The van der Waals surface area contributed by atoms with Gasteiger partial charge < -0.3 is 14.3 Å². The number of rotatable bonds is 5. The van der Waals surface area contributed by atoms with Crippen molar-refractivity contribution in [2.24, 2.45) is 0 Å². The fourth-order valence-electron chi connectivity index (χ4n) is 2.80. The summed E-state index contributed by atoms with van der Waals surface area (Å²) in [6, 6.07) is 5.74. The molecular formula is C17H20N3O3P. The number of carbonyl (C=O) groups excluding carboxylic acids is 1. The first-order chi connectivity index (χ1) is 11.5. The number of esters is 1. The first-order valence-corrected chi connectivity index (χ1v) is 10.1. The van der Waals surface area contributed by atoms with Crippen molar-refractivity contribution in [3.05, 3.63) is 30.2 Å². The van der Waals surface area contributed by atoms with E-state index < -0.39 is 13.1 Å². The van der Waals surface area contributed by atoms with E-state index in [1.807, 2.05) is 32.0 Å². The molecule has 0 spiro atoms. The van der Waals surface area contributed by atoms with E-state index in [9.17, 15) is 9.36 Å². The number of aromatic amines is 1. The van der Waals surface area contributed by atoms with Gasteiger partial charge in [-0.1, -0.05) is 13.8 Å². The number of ether oxygens (including phenoxy) is 1. The number of nitrogens with one attached hydrogen (secondary N) is 1. The number of carbonyl (C=O) groups is 1. The molecule has 1 N–H and O–H groups in total. The monoisotopic (exact) mass is 345 g/mol. The van der Waals surface area contributed by atoms with Gasteiger partial charge in [0.15, 0.2) is 0 Å². The summed E-state index contributed by atoms with van der Waals surface area (Å²) in [4.78, 5) is 23.5. The molecule has 6 nitrogen and oxygen atoms in total. The van der Waals surface area contributed by atoms with Crippen LogP contribution in [-0.2, 0) is 9.30 Å². The summed E-state index contributed by atoms with van der Waals surface area (Å²) in [5.74, 6) is -0.512. The molecule has 2 heterocycles. The SMILES string of the molecule is CCOC(=O)c1ncc2[nH]c3ccc(P(=O)(CC)CC)cc3c2n1. The second-order valence-corrected chi connectivity index (χ2v) is 9.11. The number of nitrogens with zero attached hydrogens (tertiary/aromatic N) is 2. The molecule has 3 rings (SSSR count). The molecule has 0 aliphatic rings. The van der Waals surface area contributed by atoms with E-state index in [1.54, 1.807) is 13.1 Å². The van der Waals surface area contributed by atoms with E-state index in [4.69, 9.17) is 4.74 Å². The van der Waals surface area contributed by atoms with Crippen LogP contribution in [0.2, 0.25) is 0 Å². The van der Waals surface area contributed by atoms with Gasteiger partial charge in [0.05, 0.1) is 18.3 Å². The predicted molar refractivity (Wildman–Crippen MR) is 95.7 cm³/mol. The summed E-state index contributed by atoms with van der Waals surface area (Å²) in [6.45, 7) is 5.91. The van der Waals surface area contributed by atoms with Crippen molar-refractivity contribution in [1.82, 2.24) is 15.0 Å². The van der Waals surface area contributed by atoms with E-state index in [2.05, 4.69) is 15.0 Å². The standard InChI is InChI=1S/C17H20N3O3P/c1-4-23-17(21)16-18-10-14-15(20-16)12-9-11(7-8-13(12)19-14)24(22,5-2)6-3/h7-10,19H,4-6H2,1-3H3. The average molecular weight is 345 g/mol. The Morgan fingerprint density at radius 2 is 1.96 bits per heavy atom. The highest BCUT2D eigenvalue weighted by Crippen LogP contribution is 2.44. The van der Waals surface area contributed by atoms with Crippen LogP contribution >= 0.6 is 7.14 Å². The van der Waals surface area contributed by atoms with Crippen molar-refractivity contribution in [2.45, 2.75) is 20.8 Å². The zero-order chi connectivity index (χ0) is 17.3. The van der Waals surface area contributed by atoms with Crippen molar-refractivity contribution in [3.8, 4) is 0 Å².